The first-order valence-corrected chi connectivity index (χ1v) is 11.4. The summed E-state index contributed by atoms with van der Waals surface area (Å²) < 4.78 is 0. The van der Waals surface area contributed by atoms with Gasteiger partial charge < -0.3 is 10.0 Å². The number of aliphatic hydroxyl groups is 1. The van der Waals surface area contributed by atoms with E-state index in [0.717, 1.165) is 51.1 Å². The molecule has 1 aromatic carbocycles. The highest BCUT2D eigenvalue weighted by molar-refractivity contribution is 5.23. The molecule has 1 saturated carbocycles. The van der Waals surface area contributed by atoms with Crippen LogP contribution in [-0.2, 0) is 18.6 Å². The van der Waals surface area contributed by atoms with Crippen molar-refractivity contribution < 1.29 is 5.11 Å². The van der Waals surface area contributed by atoms with Crippen molar-refractivity contribution in [1.82, 2.24) is 14.8 Å². The Hall–Kier alpha value is -1.75. The molecule has 1 N–H and O–H groups in total. The number of pyridine rings is 1. The molecule has 4 heteroatoms. The molecule has 3 aliphatic rings. The monoisotopic (exact) mass is 391 g/mol. The summed E-state index contributed by atoms with van der Waals surface area (Å²) in [6.45, 7) is 6.66. The van der Waals surface area contributed by atoms with Gasteiger partial charge >= 0.3 is 0 Å². The second-order valence-electron chi connectivity index (χ2n) is 9.36. The van der Waals surface area contributed by atoms with Crippen LogP contribution in [0.1, 0.15) is 42.5 Å². The summed E-state index contributed by atoms with van der Waals surface area (Å²) in [7, 11) is 0. The summed E-state index contributed by atoms with van der Waals surface area (Å²) in [5.74, 6) is 0.884. The molecule has 154 valence electrons. The minimum absolute atomic E-state index is 0.300. The maximum atomic E-state index is 11.6. The Morgan fingerprint density at radius 2 is 1.79 bits per heavy atom. The number of fused-ring (bicyclic) bond motifs is 1. The Morgan fingerprint density at radius 3 is 2.55 bits per heavy atom. The van der Waals surface area contributed by atoms with Crippen molar-refractivity contribution in [2.75, 3.05) is 32.7 Å². The molecule has 2 aromatic rings. The molecule has 3 atom stereocenters. The number of hydrogen-bond donors (Lipinski definition) is 1. The van der Waals surface area contributed by atoms with Crippen LogP contribution in [0, 0.1) is 11.8 Å². The zero-order valence-electron chi connectivity index (χ0n) is 17.3. The molecule has 29 heavy (non-hydrogen) atoms. The van der Waals surface area contributed by atoms with E-state index in [1.807, 2.05) is 6.20 Å². The average molecular weight is 392 g/mol. The molecule has 0 spiro atoms. The third kappa shape index (κ3) is 3.98. The molecule has 2 saturated heterocycles. The maximum Gasteiger partial charge on any atom is 0.111 e. The maximum absolute atomic E-state index is 11.6. The SMILES string of the molecule is OC1(c2ccc(CCN3CCCC3)cn2)CCC2CN(Cc3ccccc3)CC21. The van der Waals surface area contributed by atoms with Crippen LogP contribution in [0.3, 0.4) is 0 Å². The molecule has 2 aliphatic heterocycles. The lowest BCUT2D eigenvalue weighted by Gasteiger charge is -2.30. The van der Waals surface area contributed by atoms with Gasteiger partial charge in [0.1, 0.15) is 5.60 Å². The summed E-state index contributed by atoms with van der Waals surface area (Å²) >= 11 is 0. The topological polar surface area (TPSA) is 39.6 Å². The van der Waals surface area contributed by atoms with Crippen LogP contribution in [0.2, 0.25) is 0 Å². The fourth-order valence-electron chi connectivity index (χ4n) is 5.80. The summed E-state index contributed by atoms with van der Waals surface area (Å²) in [6, 6.07) is 15.0. The highest BCUT2D eigenvalue weighted by Crippen LogP contribution is 2.50. The molecular formula is C25H33N3O. The Kier molecular flexibility index (Phi) is 5.42. The van der Waals surface area contributed by atoms with E-state index in [9.17, 15) is 5.11 Å². The number of rotatable bonds is 6. The standard InChI is InChI=1S/C25H33N3O/c29-25(24-9-8-20(16-26-24)11-15-27-13-4-5-14-27)12-10-22-18-28(19-23(22)25)17-21-6-2-1-3-7-21/h1-3,6-9,16,22-23,29H,4-5,10-15,17-19H2. The van der Waals surface area contributed by atoms with E-state index in [1.54, 1.807) is 0 Å². The Labute approximate surface area is 174 Å². The van der Waals surface area contributed by atoms with Gasteiger partial charge in [-0.15, -0.1) is 0 Å². The van der Waals surface area contributed by atoms with Crippen molar-refractivity contribution in [2.45, 2.75) is 44.2 Å². The minimum atomic E-state index is -0.760. The summed E-state index contributed by atoms with van der Waals surface area (Å²) in [5, 5.41) is 11.6. The van der Waals surface area contributed by atoms with Gasteiger partial charge in [-0.05, 0) is 68.3 Å². The second kappa shape index (κ2) is 8.17. The summed E-state index contributed by atoms with van der Waals surface area (Å²) in [4.78, 5) is 9.82. The Balaban J connectivity index is 1.23. The number of nitrogens with zero attached hydrogens (tertiary/aromatic N) is 3. The molecule has 3 fully saturated rings. The van der Waals surface area contributed by atoms with Gasteiger partial charge in [0.05, 0.1) is 5.69 Å². The van der Waals surface area contributed by atoms with E-state index >= 15 is 0 Å². The number of aromatic nitrogens is 1. The van der Waals surface area contributed by atoms with Crippen molar-refractivity contribution in [1.29, 1.82) is 0 Å². The van der Waals surface area contributed by atoms with Crippen LogP contribution in [0.5, 0.6) is 0 Å². The van der Waals surface area contributed by atoms with Gasteiger partial charge in [0.2, 0.25) is 0 Å². The lowest BCUT2D eigenvalue weighted by atomic mass is 9.85. The van der Waals surface area contributed by atoms with Gasteiger partial charge in [-0.2, -0.15) is 0 Å². The second-order valence-corrected chi connectivity index (χ2v) is 9.36. The molecular weight excluding hydrogens is 358 g/mol. The normalized spacial score (nSPS) is 30.1. The van der Waals surface area contributed by atoms with E-state index in [4.69, 9.17) is 4.98 Å². The molecule has 0 radical (unpaired) electrons. The first-order valence-electron chi connectivity index (χ1n) is 11.4. The highest BCUT2D eigenvalue weighted by Gasteiger charge is 2.53. The third-order valence-electron chi connectivity index (χ3n) is 7.46. The van der Waals surface area contributed by atoms with Crippen LogP contribution >= 0.6 is 0 Å². The lowest BCUT2D eigenvalue weighted by Crippen LogP contribution is -2.35. The molecule has 3 unspecified atom stereocenters. The van der Waals surface area contributed by atoms with Crippen molar-refractivity contribution in [3.8, 4) is 0 Å². The van der Waals surface area contributed by atoms with Gasteiger partial charge in [0.15, 0.2) is 0 Å². The van der Waals surface area contributed by atoms with Gasteiger partial charge in [-0.3, -0.25) is 9.88 Å². The zero-order chi connectivity index (χ0) is 19.7. The Bertz CT molecular complexity index is 803. The van der Waals surface area contributed by atoms with Crippen molar-refractivity contribution >= 4 is 0 Å². The first kappa shape index (κ1) is 19.2. The predicted octanol–water partition coefficient (Wildman–Crippen LogP) is 3.45. The van der Waals surface area contributed by atoms with E-state index in [0.29, 0.717) is 11.8 Å². The third-order valence-corrected chi connectivity index (χ3v) is 7.46. The van der Waals surface area contributed by atoms with Crippen LogP contribution in [0.4, 0.5) is 0 Å². The van der Waals surface area contributed by atoms with E-state index in [-0.39, 0.29) is 0 Å². The molecule has 5 rings (SSSR count). The fourth-order valence-corrected chi connectivity index (χ4v) is 5.80. The van der Waals surface area contributed by atoms with Crippen molar-refractivity contribution in [2.24, 2.45) is 11.8 Å². The zero-order valence-corrected chi connectivity index (χ0v) is 17.3. The number of hydrogen-bond acceptors (Lipinski definition) is 4. The number of likely N-dealkylation sites (tertiary alicyclic amines) is 2. The van der Waals surface area contributed by atoms with Crippen LogP contribution in [-0.4, -0.2) is 52.6 Å². The van der Waals surface area contributed by atoms with Crippen LogP contribution < -0.4 is 0 Å². The van der Waals surface area contributed by atoms with Gasteiger partial charge in [0.25, 0.3) is 0 Å². The Morgan fingerprint density at radius 1 is 0.966 bits per heavy atom. The quantitative estimate of drug-likeness (QED) is 0.819. The fraction of sp³-hybridized carbons (Fsp3) is 0.560. The molecule has 0 bridgehead atoms. The highest BCUT2D eigenvalue weighted by atomic mass is 16.3. The predicted molar refractivity (Wildman–Crippen MR) is 115 cm³/mol. The largest absolute Gasteiger partial charge is 0.383 e. The van der Waals surface area contributed by atoms with E-state index in [1.165, 1.54) is 37.1 Å². The van der Waals surface area contributed by atoms with Crippen molar-refractivity contribution in [3.63, 3.8) is 0 Å². The first-order chi connectivity index (χ1) is 14.2. The molecule has 1 aromatic heterocycles. The van der Waals surface area contributed by atoms with E-state index in [2.05, 4.69) is 52.3 Å². The van der Waals surface area contributed by atoms with Crippen molar-refractivity contribution in [3.05, 3.63) is 65.5 Å². The minimum Gasteiger partial charge on any atom is -0.383 e. The molecule has 4 nitrogen and oxygen atoms in total. The van der Waals surface area contributed by atoms with Crippen LogP contribution in [0.15, 0.2) is 48.7 Å². The molecule has 0 amide bonds. The average Bonchev–Trinajstić information content (AvgIpc) is 3.47. The number of benzene rings is 1. The summed E-state index contributed by atoms with van der Waals surface area (Å²) in [6.07, 6.45) is 7.70. The molecule has 3 heterocycles. The van der Waals surface area contributed by atoms with Crippen LogP contribution in [0.25, 0.3) is 0 Å². The van der Waals surface area contributed by atoms with E-state index < -0.39 is 5.60 Å². The van der Waals surface area contributed by atoms with Gasteiger partial charge in [-0.25, -0.2) is 0 Å². The smallest absolute Gasteiger partial charge is 0.111 e. The lowest BCUT2D eigenvalue weighted by molar-refractivity contribution is -0.0108. The van der Waals surface area contributed by atoms with Gasteiger partial charge in [-0.1, -0.05) is 36.4 Å². The molecule has 1 aliphatic carbocycles. The van der Waals surface area contributed by atoms with Gasteiger partial charge in [0, 0.05) is 38.3 Å². The summed E-state index contributed by atoms with van der Waals surface area (Å²) in [5.41, 5.74) is 2.77.